The minimum Gasteiger partial charge on any atom is -0.458 e. The van der Waals surface area contributed by atoms with E-state index in [1.165, 1.54) is 19.3 Å². The molecule has 8 heteroatoms. The van der Waals surface area contributed by atoms with E-state index in [1.54, 1.807) is 0 Å². The van der Waals surface area contributed by atoms with Crippen molar-refractivity contribution in [1.82, 2.24) is 0 Å². The molecule has 0 spiro atoms. The third-order valence-corrected chi connectivity index (χ3v) is 3.04. The van der Waals surface area contributed by atoms with Gasteiger partial charge in [-0.15, -0.1) is 0 Å². The molecule has 20 heavy (non-hydrogen) atoms. The zero-order valence-electron chi connectivity index (χ0n) is 10.7. The van der Waals surface area contributed by atoms with Crippen LogP contribution in [-0.4, -0.2) is 63.5 Å². The van der Waals surface area contributed by atoms with Crippen LogP contribution >= 0.6 is 0 Å². The molecule has 0 amide bonds. The molecule has 0 radical (unpaired) electrons. The van der Waals surface area contributed by atoms with E-state index in [1.807, 2.05) is 0 Å². The lowest BCUT2D eigenvalue weighted by Crippen LogP contribution is -2.60. The molecule has 0 aromatic carbocycles. The molecule has 4 unspecified atom stereocenters. The van der Waals surface area contributed by atoms with E-state index < -0.39 is 37.3 Å². The Balaban J connectivity index is 2.15. The molecular formula is C12H16O8. The summed E-state index contributed by atoms with van der Waals surface area (Å²) in [4.78, 5) is 11.3. The zero-order valence-corrected chi connectivity index (χ0v) is 10.7. The molecule has 5 atom stereocenters. The number of aliphatic hydroxyl groups is 4. The maximum Gasteiger partial charge on any atom is 0.229 e. The number of rotatable bonds is 4. The van der Waals surface area contributed by atoms with Crippen molar-refractivity contribution in [2.75, 3.05) is 6.61 Å². The Bertz CT molecular complexity index is 468. The predicted octanol–water partition coefficient (Wildman–Crippen LogP) is -1.34. The third kappa shape index (κ3) is 2.69. The Labute approximate surface area is 114 Å². The molecule has 0 saturated carbocycles. The molecule has 1 aliphatic rings. The van der Waals surface area contributed by atoms with Crippen LogP contribution in [0.25, 0.3) is 0 Å². The number of hydrogen-bond acceptors (Lipinski definition) is 8. The molecule has 1 aromatic rings. The number of carbonyl (C=O) groups is 1. The number of ketones is 1. The van der Waals surface area contributed by atoms with Gasteiger partial charge in [0.2, 0.25) is 12.1 Å². The molecule has 0 bridgehead atoms. The van der Waals surface area contributed by atoms with Gasteiger partial charge in [0.1, 0.15) is 24.4 Å². The summed E-state index contributed by atoms with van der Waals surface area (Å²) >= 11 is 0. The van der Waals surface area contributed by atoms with Crippen molar-refractivity contribution in [1.29, 1.82) is 0 Å². The van der Waals surface area contributed by atoms with Crippen molar-refractivity contribution in [3.63, 3.8) is 0 Å². The van der Waals surface area contributed by atoms with E-state index in [2.05, 4.69) is 0 Å². The first kappa shape index (κ1) is 14.9. The highest BCUT2D eigenvalue weighted by Gasteiger charge is 2.45. The maximum absolute atomic E-state index is 11.3. The Hall–Kier alpha value is -1.45. The lowest BCUT2D eigenvalue weighted by atomic mass is 9.99. The van der Waals surface area contributed by atoms with Crippen molar-refractivity contribution in [2.45, 2.75) is 37.6 Å². The average Bonchev–Trinajstić information content (AvgIpc) is 2.87. The number of aliphatic hydroxyl groups excluding tert-OH is 4. The van der Waals surface area contributed by atoms with Crippen molar-refractivity contribution in [2.24, 2.45) is 0 Å². The summed E-state index contributed by atoms with van der Waals surface area (Å²) in [6.07, 6.45) is -5.74. The molecule has 1 aliphatic heterocycles. The van der Waals surface area contributed by atoms with E-state index in [0.29, 0.717) is 0 Å². The van der Waals surface area contributed by atoms with Crippen molar-refractivity contribution >= 4 is 5.78 Å². The Morgan fingerprint density at radius 3 is 2.60 bits per heavy atom. The van der Waals surface area contributed by atoms with E-state index in [9.17, 15) is 20.1 Å². The fraction of sp³-hybridized carbons (Fsp3) is 0.583. The number of carbonyl (C=O) groups excluding carboxylic acids is 1. The van der Waals surface area contributed by atoms with Gasteiger partial charge in [-0.1, -0.05) is 0 Å². The summed E-state index contributed by atoms with van der Waals surface area (Å²) in [6, 6.07) is 1.36. The van der Waals surface area contributed by atoms with Gasteiger partial charge in [0, 0.05) is 13.0 Å². The minimum atomic E-state index is -1.54. The maximum atomic E-state index is 11.3. The number of furan rings is 1. The molecule has 2 heterocycles. The molecular weight excluding hydrogens is 272 g/mol. The van der Waals surface area contributed by atoms with Crippen LogP contribution in [0.15, 0.2) is 16.7 Å². The second kappa shape index (κ2) is 5.90. The molecule has 1 saturated heterocycles. The number of hydrogen-bond donors (Lipinski definition) is 4. The fourth-order valence-corrected chi connectivity index (χ4v) is 1.94. The lowest BCUT2D eigenvalue weighted by molar-refractivity contribution is -0.277. The Morgan fingerprint density at radius 1 is 1.30 bits per heavy atom. The Morgan fingerprint density at radius 2 is 2.00 bits per heavy atom. The average molecular weight is 288 g/mol. The smallest absolute Gasteiger partial charge is 0.229 e. The summed E-state index contributed by atoms with van der Waals surface area (Å²) in [5, 5.41) is 38.1. The SMILES string of the molecule is CC(=O)c1occc1O[C@H]1OC(CO)C(O)C(O)C1O. The van der Waals surface area contributed by atoms with Gasteiger partial charge in [0.15, 0.2) is 11.5 Å². The van der Waals surface area contributed by atoms with Gasteiger partial charge >= 0.3 is 0 Å². The van der Waals surface area contributed by atoms with E-state index in [0.717, 1.165) is 0 Å². The Kier molecular flexibility index (Phi) is 4.41. The molecule has 1 fully saturated rings. The highest BCUT2D eigenvalue weighted by atomic mass is 16.7. The normalized spacial score (nSPS) is 34.0. The molecule has 0 aliphatic carbocycles. The predicted molar refractivity (Wildman–Crippen MR) is 63.1 cm³/mol. The van der Waals surface area contributed by atoms with E-state index in [4.69, 9.17) is 19.0 Å². The van der Waals surface area contributed by atoms with E-state index in [-0.39, 0.29) is 17.3 Å². The van der Waals surface area contributed by atoms with Crippen LogP contribution < -0.4 is 4.74 Å². The highest BCUT2D eigenvalue weighted by molar-refractivity contribution is 5.93. The van der Waals surface area contributed by atoms with Crippen LogP contribution in [0.5, 0.6) is 5.75 Å². The van der Waals surface area contributed by atoms with Gasteiger partial charge < -0.3 is 34.3 Å². The van der Waals surface area contributed by atoms with Crippen LogP contribution in [0.4, 0.5) is 0 Å². The lowest BCUT2D eigenvalue weighted by Gasteiger charge is -2.39. The first-order chi connectivity index (χ1) is 9.45. The quantitative estimate of drug-likeness (QED) is 0.501. The zero-order chi connectivity index (χ0) is 14.9. The molecule has 8 nitrogen and oxygen atoms in total. The highest BCUT2D eigenvalue weighted by Crippen LogP contribution is 2.27. The first-order valence-electron chi connectivity index (χ1n) is 6.01. The fourth-order valence-electron chi connectivity index (χ4n) is 1.94. The van der Waals surface area contributed by atoms with Crippen molar-refractivity contribution in [3.05, 3.63) is 18.1 Å². The standard InChI is InChI=1S/C12H16O8/c1-5(14)11-6(2-3-18-11)19-12-10(17)9(16)8(15)7(4-13)20-12/h2-3,7-10,12-13,15-17H,4H2,1H3/t7?,8?,9?,10?,12-/m0/s1. The van der Waals surface area contributed by atoms with Gasteiger partial charge in [0.25, 0.3) is 0 Å². The number of ether oxygens (including phenoxy) is 2. The van der Waals surface area contributed by atoms with Crippen LogP contribution in [-0.2, 0) is 4.74 Å². The van der Waals surface area contributed by atoms with Crippen molar-refractivity contribution < 1.29 is 39.1 Å². The first-order valence-corrected chi connectivity index (χ1v) is 6.01. The summed E-state index contributed by atoms with van der Waals surface area (Å²) in [7, 11) is 0. The second-order valence-electron chi connectivity index (χ2n) is 4.49. The largest absolute Gasteiger partial charge is 0.458 e. The van der Waals surface area contributed by atoms with Gasteiger partial charge in [-0.05, 0) is 0 Å². The topological polar surface area (TPSA) is 130 Å². The third-order valence-electron chi connectivity index (χ3n) is 3.04. The molecule has 4 N–H and O–H groups in total. The summed E-state index contributed by atoms with van der Waals surface area (Å²) in [6.45, 7) is 0.717. The summed E-state index contributed by atoms with van der Waals surface area (Å²) in [5.74, 6) is -0.390. The van der Waals surface area contributed by atoms with Gasteiger partial charge in [-0.2, -0.15) is 0 Å². The van der Waals surface area contributed by atoms with Gasteiger partial charge in [0.05, 0.1) is 12.9 Å². The minimum absolute atomic E-state index is 0.0434. The van der Waals surface area contributed by atoms with Gasteiger partial charge in [-0.25, -0.2) is 0 Å². The molecule has 2 rings (SSSR count). The van der Waals surface area contributed by atoms with E-state index >= 15 is 0 Å². The second-order valence-corrected chi connectivity index (χ2v) is 4.49. The number of Topliss-reactive ketones (excluding diaryl/α,β-unsaturated/α-hetero) is 1. The summed E-state index contributed by atoms with van der Waals surface area (Å²) in [5.41, 5.74) is 0. The monoisotopic (exact) mass is 288 g/mol. The molecule has 1 aromatic heterocycles. The summed E-state index contributed by atoms with van der Waals surface area (Å²) < 4.78 is 15.4. The van der Waals surface area contributed by atoms with Gasteiger partial charge in [-0.3, -0.25) is 4.79 Å². The van der Waals surface area contributed by atoms with Crippen LogP contribution in [0.2, 0.25) is 0 Å². The van der Waals surface area contributed by atoms with Crippen molar-refractivity contribution in [3.8, 4) is 5.75 Å². The molecule has 112 valence electrons. The van der Waals surface area contributed by atoms with Crippen LogP contribution in [0.1, 0.15) is 17.5 Å². The van der Waals surface area contributed by atoms with Crippen LogP contribution in [0, 0.1) is 0 Å². The van der Waals surface area contributed by atoms with Crippen LogP contribution in [0.3, 0.4) is 0 Å².